The van der Waals surface area contributed by atoms with Gasteiger partial charge in [0.1, 0.15) is 6.04 Å². The number of hydrogen-bond donors (Lipinski definition) is 1. The van der Waals surface area contributed by atoms with Crippen LogP contribution >= 0.6 is 11.6 Å². The number of nitrogens with one attached hydrogen (secondary N) is 1. The number of nitrogens with zero attached hydrogens (tertiary/aromatic N) is 2. The molecule has 1 N–H and O–H groups in total. The van der Waals surface area contributed by atoms with Crippen LogP contribution in [0.2, 0.25) is 5.02 Å². The van der Waals surface area contributed by atoms with Gasteiger partial charge in [-0.15, -0.1) is 0 Å². The molecule has 1 aliphatic heterocycles. The van der Waals surface area contributed by atoms with E-state index < -0.39 is 6.04 Å². The zero-order valence-electron chi connectivity index (χ0n) is 19.7. The van der Waals surface area contributed by atoms with Crippen LogP contribution in [0.3, 0.4) is 0 Å². The molecule has 0 aliphatic carbocycles. The van der Waals surface area contributed by atoms with Crippen LogP contribution in [0.25, 0.3) is 0 Å². The van der Waals surface area contributed by atoms with Gasteiger partial charge in [-0.3, -0.25) is 24.1 Å². The van der Waals surface area contributed by atoms with Crippen molar-refractivity contribution >= 4 is 35.2 Å². The molecule has 0 aromatic heterocycles. The first-order valence-corrected chi connectivity index (χ1v) is 11.9. The third-order valence-corrected chi connectivity index (χ3v) is 6.34. The van der Waals surface area contributed by atoms with Gasteiger partial charge in [-0.2, -0.15) is 0 Å². The summed E-state index contributed by atoms with van der Waals surface area (Å²) in [6, 6.07) is 13.1. The van der Waals surface area contributed by atoms with Crippen LogP contribution in [-0.2, 0) is 16.1 Å². The Bertz CT molecular complexity index is 1030. The molecule has 4 amide bonds. The van der Waals surface area contributed by atoms with Crippen LogP contribution in [-0.4, -0.2) is 52.1 Å². The third-order valence-electron chi connectivity index (χ3n) is 6.09. The fourth-order valence-electron chi connectivity index (χ4n) is 3.81. The minimum Gasteiger partial charge on any atom is -0.352 e. The molecule has 0 fully saturated rings. The molecular weight excluding hydrogens is 454 g/mol. The molecule has 2 aromatic carbocycles. The fourth-order valence-corrected chi connectivity index (χ4v) is 3.93. The van der Waals surface area contributed by atoms with Crippen molar-refractivity contribution in [1.82, 2.24) is 15.1 Å². The van der Waals surface area contributed by atoms with Crippen molar-refractivity contribution in [2.45, 2.75) is 58.7 Å². The van der Waals surface area contributed by atoms with Crippen molar-refractivity contribution in [3.8, 4) is 0 Å². The number of carbonyl (C=O) groups is 4. The zero-order chi connectivity index (χ0) is 24.8. The van der Waals surface area contributed by atoms with E-state index in [4.69, 9.17) is 11.6 Å². The second-order valence-electron chi connectivity index (χ2n) is 8.55. The Morgan fingerprint density at radius 1 is 1.00 bits per heavy atom. The molecule has 1 heterocycles. The molecule has 0 spiro atoms. The Morgan fingerprint density at radius 2 is 1.59 bits per heavy atom. The minimum absolute atomic E-state index is 0.00347. The molecule has 0 unspecified atom stereocenters. The van der Waals surface area contributed by atoms with Crippen molar-refractivity contribution in [3.05, 3.63) is 70.2 Å². The van der Waals surface area contributed by atoms with Crippen LogP contribution in [0.1, 0.15) is 66.3 Å². The lowest BCUT2D eigenvalue weighted by Gasteiger charge is -2.30. The molecule has 0 saturated carbocycles. The summed E-state index contributed by atoms with van der Waals surface area (Å²) in [5.74, 6) is -1.13. The van der Waals surface area contributed by atoms with Crippen molar-refractivity contribution in [3.63, 3.8) is 0 Å². The highest BCUT2D eigenvalue weighted by molar-refractivity contribution is 6.30. The summed E-state index contributed by atoms with van der Waals surface area (Å²) in [7, 11) is 0. The molecule has 0 bridgehead atoms. The molecule has 7 nitrogen and oxygen atoms in total. The maximum atomic E-state index is 13.2. The van der Waals surface area contributed by atoms with E-state index in [1.807, 2.05) is 26.0 Å². The van der Waals surface area contributed by atoms with E-state index in [0.717, 1.165) is 12.0 Å². The predicted molar refractivity (Wildman–Crippen MR) is 130 cm³/mol. The minimum atomic E-state index is -0.684. The topological polar surface area (TPSA) is 86.8 Å². The molecule has 180 valence electrons. The molecule has 2 aromatic rings. The largest absolute Gasteiger partial charge is 0.352 e. The summed E-state index contributed by atoms with van der Waals surface area (Å²) < 4.78 is 0. The van der Waals surface area contributed by atoms with Gasteiger partial charge in [0.25, 0.3) is 11.8 Å². The van der Waals surface area contributed by atoms with Gasteiger partial charge in [0.15, 0.2) is 0 Å². The summed E-state index contributed by atoms with van der Waals surface area (Å²) in [5.41, 5.74) is 1.62. The number of hydrogen-bond acceptors (Lipinski definition) is 4. The van der Waals surface area contributed by atoms with Crippen LogP contribution in [0, 0.1) is 0 Å². The predicted octanol–water partition coefficient (Wildman–Crippen LogP) is 4.05. The van der Waals surface area contributed by atoms with Gasteiger partial charge < -0.3 is 10.2 Å². The Kier molecular flexibility index (Phi) is 8.45. The first-order valence-electron chi connectivity index (χ1n) is 11.5. The molecule has 0 radical (unpaired) electrons. The number of imide groups is 1. The quantitative estimate of drug-likeness (QED) is 0.516. The molecule has 2 atom stereocenters. The van der Waals surface area contributed by atoms with Gasteiger partial charge in [-0.1, -0.05) is 42.8 Å². The van der Waals surface area contributed by atoms with Crippen molar-refractivity contribution in [2.75, 3.05) is 6.54 Å². The molecule has 0 saturated heterocycles. The highest BCUT2D eigenvalue weighted by atomic mass is 35.5. The van der Waals surface area contributed by atoms with Gasteiger partial charge in [0.05, 0.1) is 11.1 Å². The first-order chi connectivity index (χ1) is 16.2. The number of halogens is 1. The molecule has 1 aliphatic rings. The van der Waals surface area contributed by atoms with Crippen molar-refractivity contribution < 1.29 is 19.2 Å². The summed E-state index contributed by atoms with van der Waals surface area (Å²) >= 11 is 5.98. The SMILES string of the molecule is CC[C@H](C)NC(=O)[C@@H](C)N(Cc1ccc(Cl)cc1)C(=O)CCCN1C(=O)c2ccccc2C1=O. The molecular formula is C26H30ClN3O4. The van der Waals surface area contributed by atoms with Gasteiger partial charge in [-0.25, -0.2) is 0 Å². The number of rotatable bonds is 10. The number of carbonyl (C=O) groups excluding carboxylic acids is 4. The lowest BCUT2D eigenvalue weighted by Crippen LogP contribution is -2.49. The Labute approximate surface area is 205 Å². The average molecular weight is 484 g/mol. The first kappa shape index (κ1) is 25.4. The monoisotopic (exact) mass is 483 g/mol. The molecule has 8 heteroatoms. The second-order valence-corrected chi connectivity index (χ2v) is 8.99. The van der Waals surface area contributed by atoms with E-state index >= 15 is 0 Å². The van der Waals surface area contributed by atoms with E-state index in [1.165, 1.54) is 9.80 Å². The smallest absolute Gasteiger partial charge is 0.261 e. The summed E-state index contributed by atoms with van der Waals surface area (Å²) in [5, 5.41) is 3.52. The molecule has 3 rings (SSSR count). The van der Waals surface area contributed by atoms with Gasteiger partial charge in [-0.05, 0) is 56.5 Å². The Hall–Kier alpha value is -3.19. The number of benzene rings is 2. The number of amides is 4. The standard InChI is InChI=1S/C26H30ClN3O4/c1-4-17(2)28-24(32)18(3)30(16-19-11-13-20(27)14-12-19)23(31)10-7-15-29-25(33)21-8-5-6-9-22(21)26(29)34/h5-6,8-9,11-14,17-18H,4,7,10,15-16H2,1-3H3,(H,28,32)/t17-,18+/m0/s1. The van der Waals surface area contributed by atoms with E-state index in [-0.39, 0.29) is 49.2 Å². The van der Waals surface area contributed by atoms with Gasteiger partial charge >= 0.3 is 0 Å². The zero-order valence-corrected chi connectivity index (χ0v) is 20.5. The van der Waals surface area contributed by atoms with Crippen molar-refractivity contribution in [2.24, 2.45) is 0 Å². The summed E-state index contributed by atoms with van der Waals surface area (Å²) in [4.78, 5) is 53.8. The van der Waals surface area contributed by atoms with Crippen LogP contribution < -0.4 is 5.32 Å². The van der Waals surface area contributed by atoms with Gasteiger partial charge in [0.2, 0.25) is 11.8 Å². The van der Waals surface area contributed by atoms with E-state index in [2.05, 4.69) is 5.32 Å². The van der Waals surface area contributed by atoms with Crippen LogP contribution in [0.5, 0.6) is 0 Å². The van der Waals surface area contributed by atoms with E-state index in [0.29, 0.717) is 22.6 Å². The summed E-state index contributed by atoms with van der Waals surface area (Å²) in [6.45, 7) is 5.98. The number of fused-ring (bicyclic) bond motifs is 1. The highest BCUT2D eigenvalue weighted by Crippen LogP contribution is 2.23. The summed E-state index contributed by atoms with van der Waals surface area (Å²) in [6.07, 6.45) is 1.19. The van der Waals surface area contributed by atoms with Gasteiger partial charge in [0, 0.05) is 30.6 Å². The lowest BCUT2D eigenvalue weighted by molar-refractivity contribution is -0.141. The van der Waals surface area contributed by atoms with E-state index in [9.17, 15) is 19.2 Å². The van der Waals surface area contributed by atoms with E-state index in [1.54, 1.807) is 43.3 Å². The maximum absolute atomic E-state index is 13.2. The van der Waals surface area contributed by atoms with Crippen LogP contribution in [0.15, 0.2) is 48.5 Å². The lowest BCUT2D eigenvalue weighted by atomic mass is 10.1. The maximum Gasteiger partial charge on any atom is 0.261 e. The fraction of sp³-hybridized carbons (Fsp3) is 0.385. The molecule has 34 heavy (non-hydrogen) atoms. The van der Waals surface area contributed by atoms with Crippen LogP contribution in [0.4, 0.5) is 0 Å². The Balaban J connectivity index is 1.67. The average Bonchev–Trinajstić information content (AvgIpc) is 3.08. The Morgan fingerprint density at radius 3 is 2.15 bits per heavy atom. The van der Waals surface area contributed by atoms with Crippen molar-refractivity contribution in [1.29, 1.82) is 0 Å². The second kappa shape index (κ2) is 11.3. The highest BCUT2D eigenvalue weighted by Gasteiger charge is 2.35. The third kappa shape index (κ3) is 5.83. The normalized spacial score (nSPS) is 14.5.